The zero-order valence-electron chi connectivity index (χ0n) is 19.8. The van der Waals surface area contributed by atoms with Gasteiger partial charge in [-0.05, 0) is 95.5 Å². The van der Waals surface area contributed by atoms with Gasteiger partial charge in [0.15, 0.2) is 0 Å². The smallest absolute Gasteiger partial charge is 0.293 e. The molecule has 4 aromatic rings. The number of azo groups is 1. The summed E-state index contributed by atoms with van der Waals surface area (Å²) >= 11 is 0.861. The van der Waals surface area contributed by atoms with Crippen LogP contribution in [0.2, 0.25) is 0 Å². The summed E-state index contributed by atoms with van der Waals surface area (Å²) in [4.78, 5) is 27.2. The first-order chi connectivity index (χ1) is 17.4. The fourth-order valence-corrected chi connectivity index (χ4v) is 4.75. The monoisotopic (exact) mass is 493 g/mol. The first-order valence-electron chi connectivity index (χ1n) is 11.4. The van der Waals surface area contributed by atoms with Gasteiger partial charge < -0.3 is 5.11 Å². The molecule has 178 valence electrons. The number of aromatic hydroxyl groups is 1. The minimum absolute atomic E-state index is 0.0125. The Labute approximate surface area is 213 Å². The minimum Gasteiger partial charge on any atom is -0.507 e. The van der Waals surface area contributed by atoms with Crippen molar-refractivity contribution in [3.8, 4) is 5.75 Å². The summed E-state index contributed by atoms with van der Waals surface area (Å²) in [7, 11) is 0. The van der Waals surface area contributed by atoms with Crippen molar-refractivity contribution in [2.45, 2.75) is 20.4 Å². The third kappa shape index (κ3) is 4.92. The molecule has 0 aliphatic carbocycles. The van der Waals surface area contributed by atoms with Crippen LogP contribution in [0.3, 0.4) is 0 Å². The molecule has 36 heavy (non-hydrogen) atoms. The van der Waals surface area contributed by atoms with Gasteiger partial charge in [0.2, 0.25) is 0 Å². The van der Waals surface area contributed by atoms with Crippen LogP contribution in [0.1, 0.15) is 22.3 Å². The van der Waals surface area contributed by atoms with E-state index in [1.165, 1.54) is 22.6 Å². The van der Waals surface area contributed by atoms with Crippen LogP contribution in [0.25, 0.3) is 16.8 Å². The summed E-state index contributed by atoms with van der Waals surface area (Å²) in [6.07, 6.45) is 1.52. The Morgan fingerprint density at radius 3 is 2.33 bits per heavy atom. The number of imide groups is 1. The van der Waals surface area contributed by atoms with Crippen molar-refractivity contribution in [3.05, 3.63) is 106 Å². The molecular formula is C29H23N3O3S. The number of nitrogens with zero attached hydrogens (tertiary/aromatic N) is 3. The highest BCUT2D eigenvalue weighted by Crippen LogP contribution is 2.36. The predicted octanol–water partition coefficient (Wildman–Crippen LogP) is 7.81. The van der Waals surface area contributed by atoms with Gasteiger partial charge in [-0.3, -0.25) is 14.5 Å². The molecule has 5 rings (SSSR count). The van der Waals surface area contributed by atoms with E-state index in [0.717, 1.165) is 39.3 Å². The minimum atomic E-state index is -0.389. The standard InChI is InChI=1S/C29H23N3O3S/c1-18-7-10-24(13-19(18)2)30-31-25-11-12-26(33)23(15-25)16-27-28(34)32(29(35)36-27)17-20-8-9-21-5-3-4-6-22(21)14-20/h3-16,33H,17H2,1-2H3/b27-16-,31-30?. The van der Waals surface area contributed by atoms with Gasteiger partial charge in [0.25, 0.3) is 11.1 Å². The number of benzene rings is 4. The molecule has 4 aromatic carbocycles. The van der Waals surface area contributed by atoms with Crippen LogP contribution < -0.4 is 0 Å². The Morgan fingerprint density at radius 1 is 0.833 bits per heavy atom. The molecule has 0 bridgehead atoms. The van der Waals surface area contributed by atoms with E-state index >= 15 is 0 Å². The lowest BCUT2D eigenvalue weighted by Gasteiger charge is -2.13. The molecule has 7 heteroatoms. The molecule has 0 radical (unpaired) electrons. The number of aryl methyl sites for hydroxylation is 2. The number of hydrogen-bond acceptors (Lipinski definition) is 6. The number of carbonyl (C=O) groups excluding carboxylic acids is 2. The van der Waals surface area contributed by atoms with Gasteiger partial charge in [-0.25, -0.2) is 0 Å². The van der Waals surface area contributed by atoms with Gasteiger partial charge in [0.1, 0.15) is 5.75 Å². The van der Waals surface area contributed by atoms with Crippen molar-refractivity contribution in [2.75, 3.05) is 0 Å². The van der Waals surface area contributed by atoms with E-state index in [-0.39, 0.29) is 28.3 Å². The van der Waals surface area contributed by atoms with Gasteiger partial charge in [-0.1, -0.05) is 42.5 Å². The maximum absolute atomic E-state index is 13.0. The number of phenolic OH excluding ortho intramolecular Hbond substituents is 1. The second-order valence-electron chi connectivity index (χ2n) is 8.66. The van der Waals surface area contributed by atoms with Gasteiger partial charge in [-0.15, -0.1) is 0 Å². The number of hydrogen-bond donors (Lipinski definition) is 1. The molecule has 1 N–H and O–H groups in total. The zero-order chi connectivity index (χ0) is 25.2. The SMILES string of the molecule is Cc1ccc(N=Nc2ccc(O)c(/C=C3\SC(=O)N(Cc4ccc5ccccc5c4)C3=O)c2)cc1C. The molecule has 1 saturated heterocycles. The summed E-state index contributed by atoms with van der Waals surface area (Å²) in [6, 6.07) is 24.4. The fourth-order valence-electron chi connectivity index (χ4n) is 3.92. The van der Waals surface area contributed by atoms with E-state index < -0.39 is 0 Å². The topological polar surface area (TPSA) is 82.3 Å². The molecule has 0 aromatic heterocycles. The summed E-state index contributed by atoms with van der Waals surface area (Å²) in [5.74, 6) is -0.402. The molecule has 6 nitrogen and oxygen atoms in total. The number of fused-ring (bicyclic) bond motifs is 1. The molecule has 1 fully saturated rings. The van der Waals surface area contributed by atoms with Crippen LogP contribution in [0.5, 0.6) is 5.75 Å². The Morgan fingerprint density at radius 2 is 1.56 bits per heavy atom. The van der Waals surface area contributed by atoms with Gasteiger partial charge >= 0.3 is 0 Å². The fraction of sp³-hybridized carbons (Fsp3) is 0.103. The van der Waals surface area contributed by atoms with Gasteiger partial charge in [-0.2, -0.15) is 10.2 Å². The van der Waals surface area contributed by atoms with Crippen molar-refractivity contribution in [3.63, 3.8) is 0 Å². The lowest BCUT2D eigenvalue weighted by atomic mass is 10.1. The van der Waals surface area contributed by atoms with Gasteiger partial charge in [0.05, 0.1) is 22.8 Å². The zero-order valence-corrected chi connectivity index (χ0v) is 20.6. The first-order valence-corrected chi connectivity index (χ1v) is 12.2. The lowest BCUT2D eigenvalue weighted by Crippen LogP contribution is -2.27. The molecule has 1 heterocycles. The third-order valence-electron chi connectivity index (χ3n) is 6.10. The second-order valence-corrected chi connectivity index (χ2v) is 9.65. The molecule has 0 atom stereocenters. The lowest BCUT2D eigenvalue weighted by molar-refractivity contribution is -0.123. The number of thioether (sulfide) groups is 1. The molecule has 2 amide bonds. The normalized spacial score (nSPS) is 15.1. The van der Waals surface area contributed by atoms with E-state index in [2.05, 4.69) is 10.2 Å². The van der Waals surface area contributed by atoms with Crippen LogP contribution in [0, 0.1) is 13.8 Å². The average molecular weight is 494 g/mol. The summed E-state index contributed by atoms with van der Waals surface area (Å²) in [5.41, 5.74) is 4.81. The molecule has 1 aliphatic rings. The van der Waals surface area contributed by atoms with E-state index in [1.54, 1.807) is 12.1 Å². The van der Waals surface area contributed by atoms with Crippen molar-refractivity contribution in [1.29, 1.82) is 0 Å². The Bertz CT molecular complexity index is 1580. The molecule has 1 aliphatic heterocycles. The Kier molecular flexibility index (Phi) is 6.40. The van der Waals surface area contributed by atoms with E-state index in [9.17, 15) is 14.7 Å². The van der Waals surface area contributed by atoms with Crippen LogP contribution in [0.15, 0.2) is 94.0 Å². The van der Waals surface area contributed by atoms with Crippen LogP contribution >= 0.6 is 11.8 Å². The number of phenols is 1. The van der Waals surface area contributed by atoms with Crippen molar-refractivity contribution < 1.29 is 14.7 Å². The maximum Gasteiger partial charge on any atom is 0.293 e. The number of amides is 2. The van der Waals surface area contributed by atoms with E-state index in [0.29, 0.717) is 11.3 Å². The quantitative estimate of drug-likeness (QED) is 0.227. The van der Waals surface area contributed by atoms with Crippen LogP contribution in [-0.4, -0.2) is 21.2 Å². The molecule has 0 saturated carbocycles. The average Bonchev–Trinajstić information content (AvgIpc) is 3.13. The van der Waals surface area contributed by atoms with Crippen LogP contribution in [0.4, 0.5) is 16.2 Å². The first kappa shape index (κ1) is 23.5. The summed E-state index contributed by atoms with van der Waals surface area (Å²) in [5, 5.41) is 20.7. The molecule has 0 unspecified atom stereocenters. The van der Waals surface area contributed by atoms with E-state index in [4.69, 9.17) is 0 Å². The number of carbonyl (C=O) groups is 2. The Balaban J connectivity index is 1.36. The van der Waals surface area contributed by atoms with Crippen molar-refractivity contribution in [2.24, 2.45) is 10.2 Å². The highest BCUT2D eigenvalue weighted by molar-refractivity contribution is 8.18. The number of rotatable bonds is 5. The maximum atomic E-state index is 13.0. The summed E-state index contributed by atoms with van der Waals surface area (Å²) in [6.45, 7) is 4.23. The third-order valence-corrected chi connectivity index (χ3v) is 7.00. The summed E-state index contributed by atoms with van der Waals surface area (Å²) < 4.78 is 0. The van der Waals surface area contributed by atoms with E-state index in [1.807, 2.05) is 74.5 Å². The Hall–Kier alpha value is -4.23. The second kappa shape index (κ2) is 9.79. The van der Waals surface area contributed by atoms with Crippen LogP contribution in [-0.2, 0) is 11.3 Å². The molecular weight excluding hydrogens is 470 g/mol. The highest BCUT2D eigenvalue weighted by Gasteiger charge is 2.35. The predicted molar refractivity (Wildman–Crippen MR) is 144 cm³/mol. The van der Waals surface area contributed by atoms with Gasteiger partial charge in [0, 0.05) is 5.56 Å². The largest absolute Gasteiger partial charge is 0.507 e. The van der Waals surface area contributed by atoms with Crippen molar-refractivity contribution in [1.82, 2.24) is 4.90 Å². The van der Waals surface area contributed by atoms with Crippen molar-refractivity contribution >= 4 is 51.1 Å². The molecule has 0 spiro atoms. The highest BCUT2D eigenvalue weighted by atomic mass is 32.2.